The Bertz CT molecular complexity index is 1190. The molecule has 2 N–H and O–H groups in total. The second-order valence-electron chi connectivity index (χ2n) is 8.20. The van der Waals surface area contributed by atoms with E-state index in [0.717, 1.165) is 17.5 Å². The number of alkyl halides is 3. The number of carboxylic acid groups (broad SMARTS) is 1. The molecule has 1 amide bonds. The van der Waals surface area contributed by atoms with E-state index in [2.05, 4.69) is 5.32 Å². The van der Waals surface area contributed by atoms with Crippen LogP contribution in [0.15, 0.2) is 60.7 Å². The lowest BCUT2D eigenvalue weighted by molar-refractivity contribution is -0.140. The number of benzene rings is 3. The third-order valence-corrected chi connectivity index (χ3v) is 6.82. The molecule has 0 saturated carbocycles. The summed E-state index contributed by atoms with van der Waals surface area (Å²) in [4.78, 5) is 25.0. The first-order valence-electron chi connectivity index (χ1n) is 10.3. The van der Waals surface area contributed by atoms with Gasteiger partial charge in [0.05, 0.1) is 11.1 Å². The van der Waals surface area contributed by atoms with Gasteiger partial charge in [-0.3, -0.25) is 4.79 Å². The molecular weight excluding hydrogens is 467 g/mol. The summed E-state index contributed by atoms with van der Waals surface area (Å²) in [6.45, 7) is 3.36. The molecule has 180 valence electrons. The third kappa shape index (κ3) is 5.64. The van der Waals surface area contributed by atoms with Crippen molar-refractivity contribution in [3.63, 3.8) is 0 Å². The number of hydrogen-bond donors (Lipinski definition) is 2. The van der Waals surface area contributed by atoms with Crippen molar-refractivity contribution in [2.75, 3.05) is 6.26 Å². The van der Waals surface area contributed by atoms with E-state index in [9.17, 15) is 27.9 Å². The fourth-order valence-corrected chi connectivity index (χ4v) is 3.78. The Labute approximate surface area is 199 Å². The molecule has 1 unspecified atom stereocenters. The van der Waals surface area contributed by atoms with Crippen LogP contribution in [0.3, 0.4) is 0 Å². The van der Waals surface area contributed by atoms with E-state index in [1.807, 2.05) is 12.1 Å². The van der Waals surface area contributed by atoms with Crippen molar-refractivity contribution >= 4 is 34.4 Å². The zero-order valence-electron chi connectivity index (χ0n) is 18.8. The van der Waals surface area contributed by atoms with Crippen LogP contribution in [0.1, 0.15) is 35.3 Å². The van der Waals surface area contributed by atoms with Crippen LogP contribution in [0.25, 0.3) is 10.8 Å². The number of carbonyl (C=O) groups is 2. The molecule has 0 radical (unpaired) electrons. The summed E-state index contributed by atoms with van der Waals surface area (Å²) >= 11 is 1.31. The van der Waals surface area contributed by atoms with E-state index < -0.39 is 34.4 Å². The molecule has 5 nitrogen and oxygen atoms in total. The fourth-order valence-electron chi connectivity index (χ4n) is 3.38. The Hall–Kier alpha value is -3.20. The van der Waals surface area contributed by atoms with Crippen molar-refractivity contribution in [3.05, 3.63) is 77.4 Å². The SMILES string of the molecule is CSC(C)(C)C(NC(=O)c1ccc2ccccc2c1OCc1ccc(C(F)(F)F)cc1)C(=O)O. The highest BCUT2D eigenvalue weighted by molar-refractivity contribution is 8.00. The molecule has 0 aromatic heterocycles. The van der Waals surface area contributed by atoms with Gasteiger partial charge in [-0.1, -0.05) is 42.5 Å². The molecule has 34 heavy (non-hydrogen) atoms. The number of amides is 1. The molecule has 0 spiro atoms. The van der Waals surface area contributed by atoms with Crippen LogP contribution < -0.4 is 10.1 Å². The number of rotatable bonds is 8. The van der Waals surface area contributed by atoms with E-state index in [0.29, 0.717) is 10.9 Å². The number of carbonyl (C=O) groups excluding carboxylic acids is 1. The van der Waals surface area contributed by atoms with E-state index in [1.165, 1.54) is 23.9 Å². The number of carboxylic acids is 1. The Morgan fingerprint density at radius 2 is 1.68 bits per heavy atom. The van der Waals surface area contributed by atoms with Crippen LogP contribution >= 0.6 is 11.8 Å². The molecule has 0 heterocycles. The van der Waals surface area contributed by atoms with E-state index in [4.69, 9.17) is 4.74 Å². The van der Waals surface area contributed by atoms with Gasteiger partial charge in [0.25, 0.3) is 5.91 Å². The fraction of sp³-hybridized carbons (Fsp3) is 0.280. The van der Waals surface area contributed by atoms with Gasteiger partial charge in [0.2, 0.25) is 0 Å². The Morgan fingerprint density at radius 1 is 1.03 bits per heavy atom. The van der Waals surface area contributed by atoms with Crippen LogP contribution in [-0.2, 0) is 17.6 Å². The van der Waals surface area contributed by atoms with Gasteiger partial charge in [0, 0.05) is 10.1 Å². The van der Waals surface area contributed by atoms with Crippen LogP contribution in [0.5, 0.6) is 5.75 Å². The zero-order chi connectivity index (χ0) is 25.1. The Kier molecular flexibility index (Phi) is 7.45. The number of aliphatic carboxylic acids is 1. The van der Waals surface area contributed by atoms with Gasteiger partial charge in [-0.15, -0.1) is 0 Å². The summed E-state index contributed by atoms with van der Waals surface area (Å²) in [5.74, 6) is -1.56. The summed E-state index contributed by atoms with van der Waals surface area (Å²) in [7, 11) is 0. The minimum Gasteiger partial charge on any atom is -0.487 e. The highest BCUT2D eigenvalue weighted by atomic mass is 32.2. The number of nitrogens with one attached hydrogen (secondary N) is 1. The van der Waals surface area contributed by atoms with Gasteiger partial charge in [0.15, 0.2) is 0 Å². The molecule has 0 aliphatic rings. The first-order valence-corrected chi connectivity index (χ1v) is 11.6. The summed E-state index contributed by atoms with van der Waals surface area (Å²) in [6.07, 6.45) is -2.68. The molecule has 9 heteroatoms. The molecule has 0 bridgehead atoms. The van der Waals surface area contributed by atoms with Crippen molar-refractivity contribution in [2.45, 2.75) is 37.4 Å². The third-order valence-electron chi connectivity index (χ3n) is 5.53. The topological polar surface area (TPSA) is 75.6 Å². The van der Waals surface area contributed by atoms with Crippen LogP contribution in [0.2, 0.25) is 0 Å². The number of hydrogen-bond acceptors (Lipinski definition) is 4. The Balaban J connectivity index is 1.94. The second kappa shape index (κ2) is 9.97. The smallest absolute Gasteiger partial charge is 0.416 e. The monoisotopic (exact) mass is 491 g/mol. The van der Waals surface area contributed by atoms with Gasteiger partial charge in [-0.05, 0) is 49.3 Å². The maximum atomic E-state index is 13.2. The lowest BCUT2D eigenvalue weighted by atomic mass is 10.0. The van der Waals surface area contributed by atoms with Gasteiger partial charge in [-0.2, -0.15) is 24.9 Å². The van der Waals surface area contributed by atoms with Gasteiger partial charge >= 0.3 is 12.1 Å². The number of thioether (sulfide) groups is 1. The van der Waals surface area contributed by atoms with Crippen molar-refractivity contribution in [3.8, 4) is 5.75 Å². The molecule has 0 aliphatic carbocycles. The van der Waals surface area contributed by atoms with Crippen LogP contribution in [0, 0.1) is 0 Å². The zero-order valence-corrected chi connectivity index (χ0v) is 19.6. The Morgan fingerprint density at radius 3 is 2.26 bits per heavy atom. The molecule has 1 atom stereocenters. The molecule has 0 saturated heterocycles. The van der Waals surface area contributed by atoms with Crippen molar-refractivity contribution in [1.29, 1.82) is 0 Å². The maximum absolute atomic E-state index is 13.2. The summed E-state index contributed by atoms with van der Waals surface area (Å²) in [5.41, 5.74) is -0.148. The summed E-state index contributed by atoms with van der Waals surface area (Å²) in [5, 5.41) is 13.7. The lowest BCUT2D eigenvalue weighted by Crippen LogP contribution is -2.52. The summed E-state index contributed by atoms with van der Waals surface area (Å²) < 4.78 is 43.7. The number of ether oxygens (including phenoxy) is 1. The average molecular weight is 492 g/mol. The largest absolute Gasteiger partial charge is 0.487 e. The maximum Gasteiger partial charge on any atom is 0.416 e. The summed E-state index contributed by atoms with van der Waals surface area (Å²) in [6, 6.07) is 13.9. The second-order valence-corrected chi connectivity index (χ2v) is 9.66. The lowest BCUT2D eigenvalue weighted by Gasteiger charge is -2.30. The normalized spacial score (nSPS) is 12.9. The standard InChI is InChI=1S/C25H24F3NO4S/c1-24(2,34-3)21(23(31)32)29-22(30)19-13-10-16-6-4-5-7-18(16)20(19)33-14-15-8-11-17(12-9-15)25(26,27)28/h4-13,21H,14H2,1-3H3,(H,29,30)(H,31,32). The molecule has 0 fully saturated rings. The van der Waals surface area contributed by atoms with Crippen molar-refractivity contribution in [2.24, 2.45) is 0 Å². The molecule has 0 aliphatic heterocycles. The molecule has 3 rings (SSSR count). The van der Waals surface area contributed by atoms with Gasteiger partial charge in [0.1, 0.15) is 18.4 Å². The van der Waals surface area contributed by atoms with E-state index >= 15 is 0 Å². The van der Waals surface area contributed by atoms with Crippen LogP contribution in [0.4, 0.5) is 13.2 Å². The van der Waals surface area contributed by atoms with Crippen molar-refractivity contribution in [1.82, 2.24) is 5.32 Å². The number of halogens is 3. The average Bonchev–Trinajstić information content (AvgIpc) is 2.80. The van der Waals surface area contributed by atoms with E-state index in [1.54, 1.807) is 44.4 Å². The minimum atomic E-state index is -4.44. The first kappa shape index (κ1) is 25.4. The quantitative estimate of drug-likeness (QED) is 0.419. The predicted octanol–water partition coefficient (Wildman–Crippen LogP) is 5.76. The first-order chi connectivity index (χ1) is 15.9. The predicted molar refractivity (Wildman–Crippen MR) is 126 cm³/mol. The van der Waals surface area contributed by atoms with Crippen LogP contribution in [-0.4, -0.2) is 34.0 Å². The number of fused-ring (bicyclic) bond motifs is 1. The highest BCUT2D eigenvalue weighted by Crippen LogP contribution is 2.33. The van der Waals surface area contributed by atoms with Gasteiger partial charge < -0.3 is 15.2 Å². The molecule has 3 aromatic carbocycles. The minimum absolute atomic E-state index is 0.0783. The molecule has 3 aromatic rings. The van der Waals surface area contributed by atoms with E-state index in [-0.39, 0.29) is 17.9 Å². The van der Waals surface area contributed by atoms with Gasteiger partial charge in [-0.25, -0.2) is 4.79 Å². The van der Waals surface area contributed by atoms with Crippen molar-refractivity contribution < 1.29 is 32.6 Å². The molecular formula is C25H24F3NO4S. The highest BCUT2D eigenvalue weighted by Gasteiger charge is 2.36.